The summed E-state index contributed by atoms with van der Waals surface area (Å²) in [6, 6.07) is 7.01. The summed E-state index contributed by atoms with van der Waals surface area (Å²) in [6.45, 7) is 4.50. The van der Waals surface area contributed by atoms with E-state index in [2.05, 4.69) is 4.98 Å². The molecule has 0 saturated carbocycles. The number of nitrogens with one attached hydrogen (secondary N) is 1. The second kappa shape index (κ2) is 6.40. The van der Waals surface area contributed by atoms with E-state index >= 15 is 0 Å². The molecule has 1 aromatic carbocycles. The third kappa shape index (κ3) is 2.79. The molecule has 2 aliphatic heterocycles. The Morgan fingerprint density at radius 1 is 1.15 bits per heavy atom. The van der Waals surface area contributed by atoms with Crippen LogP contribution in [-0.4, -0.2) is 53.1 Å². The molecule has 0 spiro atoms. The van der Waals surface area contributed by atoms with E-state index in [1.807, 2.05) is 15.9 Å². The SMILES string of the molecule is Cc1cc(N2CCOc3cc(C(=O)N4CCCC4)[nH]c32)ccc1C(=O)O. The zero-order chi connectivity index (χ0) is 18.3. The standard InChI is InChI=1S/C19H21N3O4/c1-12-10-13(4-5-14(12)19(24)25)22-8-9-26-16-11-15(20-17(16)22)18(23)21-6-2-3-7-21/h4-5,10-11,20H,2-3,6-9H2,1H3,(H,24,25). The van der Waals surface area contributed by atoms with Crippen molar-refractivity contribution in [1.29, 1.82) is 0 Å². The fourth-order valence-corrected chi connectivity index (χ4v) is 3.61. The van der Waals surface area contributed by atoms with Gasteiger partial charge in [0.1, 0.15) is 12.3 Å². The van der Waals surface area contributed by atoms with E-state index in [-0.39, 0.29) is 5.91 Å². The Kier molecular flexibility index (Phi) is 4.06. The number of hydrogen-bond donors (Lipinski definition) is 2. The molecule has 136 valence electrons. The Balaban J connectivity index is 1.66. The number of carboxylic acid groups (broad SMARTS) is 1. The van der Waals surface area contributed by atoms with Gasteiger partial charge >= 0.3 is 5.97 Å². The van der Waals surface area contributed by atoms with Gasteiger partial charge in [0.25, 0.3) is 5.91 Å². The maximum Gasteiger partial charge on any atom is 0.335 e. The maximum atomic E-state index is 12.6. The average molecular weight is 355 g/mol. The van der Waals surface area contributed by atoms with Gasteiger partial charge in [0.15, 0.2) is 11.6 Å². The Morgan fingerprint density at radius 3 is 2.62 bits per heavy atom. The van der Waals surface area contributed by atoms with E-state index in [1.54, 1.807) is 25.1 Å². The van der Waals surface area contributed by atoms with Crippen molar-refractivity contribution >= 4 is 23.4 Å². The zero-order valence-corrected chi connectivity index (χ0v) is 14.6. The first-order valence-electron chi connectivity index (χ1n) is 8.81. The maximum absolute atomic E-state index is 12.6. The predicted octanol–water partition coefficient (Wildman–Crippen LogP) is 2.79. The second-order valence-electron chi connectivity index (χ2n) is 6.70. The molecule has 4 rings (SSSR count). The predicted molar refractivity (Wildman–Crippen MR) is 96.6 cm³/mol. The number of anilines is 2. The molecular formula is C19H21N3O4. The van der Waals surface area contributed by atoms with Gasteiger partial charge in [0, 0.05) is 24.8 Å². The van der Waals surface area contributed by atoms with Crippen molar-refractivity contribution in [2.45, 2.75) is 19.8 Å². The first kappa shape index (κ1) is 16.5. The number of carbonyl (C=O) groups is 2. The summed E-state index contributed by atoms with van der Waals surface area (Å²) < 4.78 is 5.72. The number of aromatic amines is 1. The van der Waals surface area contributed by atoms with Crippen LogP contribution in [0.25, 0.3) is 0 Å². The fourth-order valence-electron chi connectivity index (χ4n) is 3.61. The molecule has 7 nitrogen and oxygen atoms in total. The summed E-state index contributed by atoms with van der Waals surface area (Å²) in [7, 11) is 0. The highest BCUT2D eigenvalue weighted by Crippen LogP contribution is 2.37. The van der Waals surface area contributed by atoms with Crippen LogP contribution in [-0.2, 0) is 0 Å². The van der Waals surface area contributed by atoms with Crippen LogP contribution in [0.4, 0.5) is 11.5 Å². The zero-order valence-electron chi connectivity index (χ0n) is 14.6. The highest BCUT2D eigenvalue weighted by Gasteiger charge is 2.27. The largest absolute Gasteiger partial charge is 0.488 e. The molecule has 1 aromatic heterocycles. The number of carbonyl (C=O) groups excluding carboxylic acids is 1. The van der Waals surface area contributed by atoms with Gasteiger partial charge in [-0.1, -0.05) is 0 Å². The van der Waals surface area contributed by atoms with Gasteiger partial charge in [0.05, 0.1) is 12.1 Å². The number of aromatic carboxylic acids is 1. The lowest BCUT2D eigenvalue weighted by Gasteiger charge is -2.29. The van der Waals surface area contributed by atoms with Crippen LogP contribution < -0.4 is 9.64 Å². The Bertz CT molecular complexity index is 868. The minimum absolute atomic E-state index is 0.00199. The topological polar surface area (TPSA) is 85.9 Å². The monoisotopic (exact) mass is 355 g/mol. The molecule has 0 unspecified atom stereocenters. The van der Waals surface area contributed by atoms with Gasteiger partial charge < -0.3 is 24.6 Å². The number of aryl methyl sites for hydroxylation is 1. The summed E-state index contributed by atoms with van der Waals surface area (Å²) in [5.41, 5.74) is 2.39. The number of hydrogen-bond acceptors (Lipinski definition) is 4. The fraction of sp³-hybridized carbons (Fsp3) is 0.368. The van der Waals surface area contributed by atoms with Gasteiger partial charge in [-0.25, -0.2) is 4.79 Å². The third-order valence-electron chi connectivity index (χ3n) is 4.98. The van der Waals surface area contributed by atoms with E-state index in [0.29, 0.717) is 35.7 Å². The van der Waals surface area contributed by atoms with Crippen LogP contribution in [0, 0.1) is 6.92 Å². The summed E-state index contributed by atoms with van der Waals surface area (Å²) >= 11 is 0. The van der Waals surface area contributed by atoms with Gasteiger partial charge in [-0.15, -0.1) is 0 Å². The lowest BCUT2D eigenvalue weighted by Crippen LogP contribution is -2.29. The van der Waals surface area contributed by atoms with Crippen molar-refractivity contribution < 1.29 is 19.4 Å². The summed E-state index contributed by atoms with van der Waals surface area (Å²) in [5.74, 6) is 0.452. The van der Waals surface area contributed by atoms with Crippen LogP contribution in [0.2, 0.25) is 0 Å². The van der Waals surface area contributed by atoms with Crippen molar-refractivity contribution in [1.82, 2.24) is 9.88 Å². The molecule has 26 heavy (non-hydrogen) atoms. The van der Waals surface area contributed by atoms with Gasteiger partial charge in [-0.05, 0) is 43.5 Å². The number of H-pyrrole nitrogens is 1. The molecule has 2 N–H and O–H groups in total. The van der Waals surface area contributed by atoms with Gasteiger partial charge in [-0.2, -0.15) is 0 Å². The molecule has 7 heteroatoms. The number of carboxylic acids is 1. The number of nitrogens with zero attached hydrogens (tertiary/aromatic N) is 2. The highest BCUT2D eigenvalue weighted by atomic mass is 16.5. The minimum atomic E-state index is -0.935. The van der Waals surface area contributed by atoms with Crippen molar-refractivity contribution in [2.75, 3.05) is 31.1 Å². The van der Waals surface area contributed by atoms with Crippen LogP contribution in [0.5, 0.6) is 5.75 Å². The molecule has 3 heterocycles. The molecule has 2 aliphatic rings. The van der Waals surface area contributed by atoms with E-state index in [9.17, 15) is 14.7 Å². The van der Waals surface area contributed by atoms with Crippen molar-refractivity contribution in [3.05, 3.63) is 41.1 Å². The van der Waals surface area contributed by atoms with E-state index < -0.39 is 5.97 Å². The van der Waals surface area contributed by atoms with Crippen molar-refractivity contribution in [3.63, 3.8) is 0 Å². The van der Waals surface area contributed by atoms with Crippen LogP contribution in [0.15, 0.2) is 24.3 Å². The lowest BCUT2D eigenvalue weighted by molar-refractivity contribution is 0.0695. The third-order valence-corrected chi connectivity index (χ3v) is 4.98. The van der Waals surface area contributed by atoms with Crippen LogP contribution >= 0.6 is 0 Å². The highest BCUT2D eigenvalue weighted by molar-refractivity contribution is 5.95. The molecule has 1 amide bonds. The number of aromatic nitrogens is 1. The number of benzene rings is 1. The number of fused-ring (bicyclic) bond motifs is 1. The minimum Gasteiger partial charge on any atom is -0.488 e. The van der Waals surface area contributed by atoms with Crippen LogP contribution in [0.3, 0.4) is 0 Å². The van der Waals surface area contributed by atoms with Crippen molar-refractivity contribution in [2.24, 2.45) is 0 Å². The molecule has 1 fully saturated rings. The van der Waals surface area contributed by atoms with E-state index in [0.717, 1.165) is 37.4 Å². The molecule has 0 atom stereocenters. The lowest BCUT2D eigenvalue weighted by atomic mass is 10.1. The molecule has 0 aliphatic carbocycles. The summed E-state index contributed by atoms with van der Waals surface area (Å²) in [6.07, 6.45) is 2.09. The number of ether oxygens (including phenoxy) is 1. The van der Waals surface area contributed by atoms with Crippen molar-refractivity contribution in [3.8, 4) is 5.75 Å². The first-order valence-corrected chi connectivity index (χ1v) is 8.81. The van der Waals surface area contributed by atoms with Crippen LogP contribution in [0.1, 0.15) is 39.3 Å². The van der Waals surface area contributed by atoms with E-state index in [1.165, 1.54) is 0 Å². The molecule has 0 radical (unpaired) electrons. The Hall–Kier alpha value is -2.96. The molecule has 0 bridgehead atoms. The van der Waals surface area contributed by atoms with E-state index in [4.69, 9.17) is 4.74 Å². The summed E-state index contributed by atoms with van der Waals surface area (Å²) in [5, 5.41) is 9.21. The molecule has 1 saturated heterocycles. The quantitative estimate of drug-likeness (QED) is 0.884. The Morgan fingerprint density at radius 2 is 1.92 bits per heavy atom. The normalized spacial score (nSPS) is 16.3. The average Bonchev–Trinajstić information content (AvgIpc) is 3.29. The number of amides is 1. The Labute approximate surface area is 151 Å². The molecule has 2 aromatic rings. The van der Waals surface area contributed by atoms with Gasteiger partial charge in [-0.3, -0.25) is 4.79 Å². The smallest absolute Gasteiger partial charge is 0.335 e. The van der Waals surface area contributed by atoms with Gasteiger partial charge in [0.2, 0.25) is 0 Å². The second-order valence-corrected chi connectivity index (χ2v) is 6.70. The first-order chi connectivity index (χ1) is 12.5. The number of rotatable bonds is 3. The molecular weight excluding hydrogens is 334 g/mol. The number of likely N-dealkylation sites (tertiary alicyclic amines) is 1. The summed E-state index contributed by atoms with van der Waals surface area (Å²) in [4.78, 5) is 31.0.